The summed E-state index contributed by atoms with van der Waals surface area (Å²) in [6.07, 6.45) is 3.81. The van der Waals surface area contributed by atoms with E-state index in [1.807, 2.05) is 6.20 Å². The average molecular weight is 301 g/mol. The normalized spacial score (nSPS) is 28.2. The second-order valence-electron chi connectivity index (χ2n) is 6.54. The Labute approximate surface area is 129 Å². The molecule has 0 spiro atoms. The highest BCUT2D eigenvalue weighted by molar-refractivity contribution is 5.62. The highest BCUT2D eigenvalue weighted by Crippen LogP contribution is 2.38. The molecule has 2 aromatic rings. The molecule has 5 heteroatoms. The lowest BCUT2D eigenvalue weighted by atomic mass is 10.00. The van der Waals surface area contributed by atoms with E-state index >= 15 is 0 Å². The highest BCUT2D eigenvalue weighted by Gasteiger charge is 2.41. The van der Waals surface area contributed by atoms with E-state index in [1.54, 1.807) is 12.1 Å². The molecule has 1 aliphatic carbocycles. The van der Waals surface area contributed by atoms with E-state index in [9.17, 15) is 9.50 Å². The smallest absolute Gasteiger partial charge is 0.123 e. The van der Waals surface area contributed by atoms with Gasteiger partial charge in [0.25, 0.3) is 0 Å². The quantitative estimate of drug-likeness (QED) is 0.915. The Morgan fingerprint density at radius 1 is 1.23 bits per heavy atom. The van der Waals surface area contributed by atoms with Crippen LogP contribution in [0.25, 0.3) is 11.3 Å². The molecule has 2 N–H and O–H groups in total. The number of aromatic nitrogens is 2. The number of halogens is 1. The van der Waals surface area contributed by atoms with Gasteiger partial charge in [-0.15, -0.1) is 0 Å². The number of fused-ring (bicyclic) bond motifs is 1. The van der Waals surface area contributed by atoms with Gasteiger partial charge in [0.2, 0.25) is 0 Å². The Kier molecular flexibility index (Phi) is 3.47. The third-order valence-corrected chi connectivity index (χ3v) is 5.14. The Hall–Kier alpha value is -1.72. The zero-order chi connectivity index (χ0) is 15.1. The lowest BCUT2D eigenvalue weighted by Gasteiger charge is -2.18. The van der Waals surface area contributed by atoms with Crippen molar-refractivity contribution < 1.29 is 9.50 Å². The predicted octanol–water partition coefficient (Wildman–Crippen LogP) is 2.42. The number of aromatic amines is 1. The summed E-state index contributed by atoms with van der Waals surface area (Å²) in [6, 6.07) is 6.48. The van der Waals surface area contributed by atoms with Gasteiger partial charge >= 0.3 is 0 Å². The lowest BCUT2D eigenvalue weighted by molar-refractivity contribution is 0.123. The molecule has 1 aliphatic heterocycles. The third-order valence-electron chi connectivity index (χ3n) is 5.14. The Morgan fingerprint density at radius 2 is 2.05 bits per heavy atom. The van der Waals surface area contributed by atoms with Crippen LogP contribution in [0, 0.1) is 17.7 Å². The molecule has 116 valence electrons. The van der Waals surface area contributed by atoms with E-state index in [0.29, 0.717) is 11.8 Å². The van der Waals surface area contributed by atoms with Crippen LogP contribution < -0.4 is 0 Å². The van der Waals surface area contributed by atoms with Gasteiger partial charge < -0.3 is 5.11 Å². The number of aliphatic hydroxyl groups excluding tert-OH is 1. The molecule has 4 nitrogen and oxygen atoms in total. The van der Waals surface area contributed by atoms with Gasteiger partial charge in [0.15, 0.2) is 0 Å². The van der Waals surface area contributed by atoms with Crippen molar-refractivity contribution in [3.8, 4) is 11.3 Å². The van der Waals surface area contributed by atoms with Crippen molar-refractivity contribution in [1.29, 1.82) is 0 Å². The van der Waals surface area contributed by atoms with E-state index in [-0.39, 0.29) is 11.9 Å². The molecule has 3 unspecified atom stereocenters. The largest absolute Gasteiger partial charge is 0.393 e. The van der Waals surface area contributed by atoms with Gasteiger partial charge in [-0.3, -0.25) is 10.00 Å². The number of nitrogens with zero attached hydrogens (tertiary/aromatic N) is 2. The van der Waals surface area contributed by atoms with Crippen LogP contribution in [0.3, 0.4) is 0 Å². The average Bonchev–Trinajstić information content (AvgIpc) is 3.19. The van der Waals surface area contributed by atoms with Crippen molar-refractivity contribution in [2.75, 3.05) is 13.1 Å². The zero-order valence-corrected chi connectivity index (χ0v) is 12.4. The standard InChI is InChI=1S/C17H20FN3O/c18-14-4-1-11(2-5-14)17-13(7-19-20-17)9-21-8-12-3-6-16(22)15(12)10-21/h1-2,4-5,7,12,15-16,22H,3,6,8-10H2,(H,19,20). The van der Waals surface area contributed by atoms with Gasteiger partial charge in [-0.05, 0) is 43.0 Å². The van der Waals surface area contributed by atoms with Crippen LogP contribution in [-0.2, 0) is 6.54 Å². The highest BCUT2D eigenvalue weighted by atomic mass is 19.1. The van der Waals surface area contributed by atoms with Gasteiger partial charge in [0.1, 0.15) is 5.82 Å². The number of aliphatic hydroxyl groups is 1. The molecule has 4 rings (SSSR count). The van der Waals surface area contributed by atoms with Crippen molar-refractivity contribution in [2.45, 2.75) is 25.5 Å². The molecule has 0 amide bonds. The Morgan fingerprint density at radius 3 is 2.82 bits per heavy atom. The maximum Gasteiger partial charge on any atom is 0.123 e. The molecule has 2 heterocycles. The first kappa shape index (κ1) is 13.9. The van der Waals surface area contributed by atoms with Gasteiger partial charge in [0.05, 0.1) is 18.0 Å². The van der Waals surface area contributed by atoms with Crippen LogP contribution in [0.4, 0.5) is 4.39 Å². The van der Waals surface area contributed by atoms with Crippen molar-refractivity contribution in [1.82, 2.24) is 15.1 Å². The number of rotatable bonds is 3. The van der Waals surface area contributed by atoms with Crippen LogP contribution in [0.2, 0.25) is 0 Å². The first-order valence-corrected chi connectivity index (χ1v) is 7.89. The Balaban J connectivity index is 1.51. The number of likely N-dealkylation sites (tertiary alicyclic amines) is 1. The van der Waals surface area contributed by atoms with E-state index in [1.165, 1.54) is 12.1 Å². The molecule has 1 aromatic carbocycles. The molecule has 0 radical (unpaired) electrons. The minimum atomic E-state index is -0.230. The molecule has 1 saturated heterocycles. The fraction of sp³-hybridized carbons (Fsp3) is 0.471. The summed E-state index contributed by atoms with van der Waals surface area (Å²) in [7, 11) is 0. The number of hydrogen-bond acceptors (Lipinski definition) is 3. The summed E-state index contributed by atoms with van der Waals surface area (Å²) in [5, 5.41) is 17.2. The molecular formula is C17H20FN3O. The number of nitrogens with one attached hydrogen (secondary N) is 1. The van der Waals surface area contributed by atoms with Gasteiger partial charge in [-0.2, -0.15) is 5.10 Å². The molecule has 0 bridgehead atoms. The minimum absolute atomic E-state index is 0.129. The minimum Gasteiger partial charge on any atom is -0.393 e. The van der Waals surface area contributed by atoms with Gasteiger partial charge in [-0.1, -0.05) is 0 Å². The molecule has 22 heavy (non-hydrogen) atoms. The molecular weight excluding hydrogens is 281 g/mol. The lowest BCUT2D eigenvalue weighted by Crippen LogP contribution is -2.24. The molecule has 1 aromatic heterocycles. The monoisotopic (exact) mass is 301 g/mol. The molecule has 1 saturated carbocycles. The van der Waals surface area contributed by atoms with Crippen LogP contribution >= 0.6 is 0 Å². The number of H-pyrrole nitrogens is 1. The maximum absolute atomic E-state index is 13.1. The van der Waals surface area contributed by atoms with E-state index in [0.717, 1.165) is 49.3 Å². The molecule has 2 fully saturated rings. The second kappa shape index (κ2) is 5.48. The third kappa shape index (κ3) is 2.44. The van der Waals surface area contributed by atoms with Crippen molar-refractivity contribution in [3.05, 3.63) is 41.8 Å². The van der Waals surface area contributed by atoms with Crippen LogP contribution in [-0.4, -0.2) is 39.4 Å². The first-order chi connectivity index (χ1) is 10.7. The van der Waals surface area contributed by atoms with E-state index in [4.69, 9.17) is 0 Å². The fourth-order valence-corrected chi connectivity index (χ4v) is 4.00. The summed E-state index contributed by atoms with van der Waals surface area (Å²) < 4.78 is 13.1. The molecule has 2 aliphatic rings. The van der Waals surface area contributed by atoms with E-state index < -0.39 is 0 Å². The number of hydrogen-bond donors (Lipinski definition) is 2. The summed E-state index contributed by atoms with van der Waals surface area (Å²) in [5.74, 6) is 0.837. The van der Waals surface area contributed by atoms with Gasteiger partial charge in [0, 0.05) is 36.7 Å². The van der Waals surface area contributed by atoms with Crippen LogP contribution in [0.15, 0.2) is 30.5 Å². The maximum atomic E-state index is 13.1. The first-order valence-electron chi connectivity index (χ1n) is 7.89. The number of benzene rings is 1. The predicted molar refractivity (Wildman–Crippen MR) is 81.5 cm³/mol. The van der Waals surface area contributed by atoms with Crippen molar-refractivity contribution in [3.63, 3.8) is 0 Å². The Bertz CT molecular complexity index is 654. The van der Waals surface area contributed by atoms with Crippen LogP contribution in [0.1, 0.15) is 18.4 Å². The van der Waals surface area contributed by atoms with Crippen LogP contribution in [0.5, 0.6) is 0 Å². The summed E-state index contributed by atoms with van der Waals surface area (Å²) in [4.78, 5) is 2.40. The zero-order valence-electron chi connectivity index (χ0n) is 12.4. The van der Waals surface area contributed by atoms with Crippen molar-refractivity contribution in [2.24, 2.45) is 11.8 Å². The van der Waals surface area contributed by atoms with E-state index in [2.05, 4.69) is 15.1 Å². The second-order valence-corrected chi connectivity index (χ2v) is 6.54. The summed E-state index contributed by atoms with van der Waals surface area (Å²) >= 11 is 0. The SMILES string of the molecule is OC1CCC2CN(Cc3cn[nH]c3-c3ccc(F)cc3)CC12. The topological polar surface area (TPSA) is 52.1 Å². The summed E-state index contributed by atoms with van der Waals surface area (Å²) in [5.41, 5.74) is 3.03. The summed E-state index contributed by atoms with van der Waals surface area (Å²) in [6.45, 7) is 2.83. The van der Waals surface area contributed by atoms with Gasteiger partial charge in [-0.25, -0.2) is 4.39 Å². The molecule has 3 atom stereocenters. The van der Waals surface area contributed by atoms with Crippen molar-refractivity contribution >= 4 is 0 Å². The fourth-order valence-electron chi connectivity index (χ4n) is 4.00.